The number of carbonyl (C=O) groups is 1. The van der Waals surface area contributed by atoms with Crippen LogP contribution in [0.25, 0.3) is 11.2 Å². The zero-order chi connectivity index (χ0) is 23.8. The number of nitrogens with two attached hydrogens (primary N) is 1. The van der Waals surface area contributed by atoms with Gasteiger partial charge >= 0.3 is 0 Å². The van der Waals surface area contributed by atoms with Crippen LogP contribution in [-0.4, -0.2) is 61.4 Å². The number of fused-ring (bicyclic) bond motifs is 2. The van der Waals surface area contributed by atoms with E-state index in [0.717, 1.165) is 50.9 Å². The summed E-state index contributed by atoms with van der Waals surface area (Å²) in [5.74, 6) is 2.11. The average molecular weight is 596 g/mol. The van der Waals surface area contributed by atoms with E-state index in [4.69, 9.17) is 20.2 Å². The molecule has 3 N–H and O–H groups in total. The van der Waals surface area contributed by atoms with E-state index in [2.05, 4.69) is 37.1 Å². The molecule has 34 heavy (non-hydrogen) atoms. The maximum absolute atomic E-state index is 12.1. The number of rotatable bonds is 6. The number of nitrogen functional groups attached to an aromatic ring is 1. The predicted molar refractivity (Wildman–Crippen MR) is 135 cm³/mol. The van der Waals surface area contributed by atoms with Crippen molar-refractivity contribution >= 4 is 57.2 Å². The van der Waals surface area contributed by atoms with Crippen molar-refractivity contribution in [2.45, 2.75) is 48.9 Å². The minimum atomic E-state index is -0.947. The van der Waals surface area contributed by atoms with Crippen molar-refractivity contribution in [3.05, 3.63) is 22.0 Å². The van der Waals surface area contributed by atoms with Crippen molar-refractivity contribution in [2.75, 3.05) is 25.6 Å². The molecule has 4 heterocycles. The van der Waals surface area contributed by atoms with Gasteiger partial charge in [0.1, 0.15) is 12.4 Å². The summed E-state index contributed by atoms with van der Waals surface area (Å²) in [5, 5.41) is 10.4. The summed E-state index contributed by atoms with van der Waals surface area (Å²) in [5.41, 5.74) is 7.42. The Morgan fingerprint density at radius 1 is 1.29 bits per heavy atom. The Morgan fingerprint density at radius 2 is 2.03 bits per heavy atom. The number of piperidine rings is 1. The summed E-state index contributed by atoms with van der Waals surface area (Å²) in [4.78, 5) is 28.2. The maximum Gasteiger partial charge on any atom is 0.251 e. The number of aliphatic hydroxyl groups is 1. The summed E-state index contributed by atoms with van der Waals surface area (Å²) in [6, 6.07) is 3.94. The van der Waals surface area contributed by atoms with Gasteiger partial charge in [-0.15, -0.1) is 0 Å². The Bertz CT molecular complexity index is 1230. The van der Waals surface area contributed by atoms with E-state index in [9.17, 15) is 9.90 Å². The van der Waals surface area contributed by atoms with E-state index < -0.39 is 6.10 Å². The maximum atomic E-state index is 12.1. The third-order valence-electron chi connectivity index (χ3n) is 6.20. The number of benzene rings is 1. The molecule has 2 aliphatic heterocycles. The van der Waals surface area contributed by atoms with Gasteiger partial charge in [0.25, 0.3) is 5.91 Å². The Hall–Kier alpha value is -2.32. The smallest absolute Gasteiger partial charge is 0.251 e. The molecule has 3 aromatic rings. The number of likely N-dealkylation sites (tertiary alicyclic amines) is 1. The van der Waals surface area contributed by atoms with Crippen molar-refractivity contribution in [1.82, 2.24) is 24.4 Å². The Labute approximate surface area is 214 Å². The molecule has 2 aromatic heterocycles. The lowest BCUT2D eigenvalue weighted by atomic mass is 9.93. The number of aryl methyl sites for hydroxylation is 1. The molecule has 1 amide bonds. The van der Waals surface area contributed by atoms with Crippen LogP contribution >= 0.6 is 34.4 Å². The third kappa shape index (κ3) is 4.62. The first kappa shape index (κ1) is 23.4. The molecule has 0 saturated carbocycles. The molecule has 10 nitrogen and oxygen atoms in total. The molecule has 0 aliphatic carbocycles. The van der Waals surface area contributed by atoms with Gasteiger partial charge in [0, 0.05) is 28.1 Å². The first-order chi connectivity index (χ1) is 16.4. The summed E-state index contributed by atoms with van der Waals surface area (Å²) in [6.07, 6.45) is 3.26. The van der Waals surface area contributed by atoms with Crippen LogP contribution in [0.5, 0.6) is 11.5 Å². The van der Waals surface area contributed by atoms with Gasteiger partial charge in [-0.25, -0.2) is 15.0 Å². The zero-order valence-electron chi connectivity index (χ0n) is 18.6. The monoisotopic (exact) mass is 596 g/mol. The van der Waals surface area contributed by atoms with Crippen molar-refractivity contribution in [1.29, 1.82) is 0 Å². The number of anilines is 1. The topological polar surface area (TPSA) is 129 Å². The van der Waals surface area contributed by atoms with E-state index in [1.54, 1.807) is 16.7 Å². The quantitative estimate of drug-likeness (QED) is 0.413. The van der Waals surface area contributed by atoms with Crippen LogP contribution in [0.2, 0.25) is 0 Å². The number of halogens is 1. The van der Waals surface area contributed by atoms with Crippen LogP contribution in [0.15, 0.2) is 28.5 Å². The van der Waals surface area contributed by atoms with Gasteiger partial charge in [-0.2, -0.15) is 0 Å². The normalized spacial score (nSPS) is 16.9. The number of aliphatic hydroxyl groups excluding tert-OH is 1. The first-order valence-electron chi connectivity index (χ1n) is 11.1. The van der Waals surface area contributed by atoms with E-state index >= 15 is 0 Å². The van der Waals surface area contributed by atoms with Crippen LogP contribution in [0.3, 0.4) is 0 Å². The van der Waals surface area contributed by atoms with E-state index in [-0.39, 0.29) is 12.7 Å². The summed E-state index contributed by atoms with van der Waals surface area (Å²) in [6.45, 7) is 3.82. The highest BCUT2D eigenvalue weighted by Gasteiger charge is 2.26. The van der Waals surface area contributed by atoms with Crippen molar-refractivity contribution in [3.63, 3.8) is 0 Å². The minimum absolute atomic E-state index is 0.191. The van der Waals surface area contributed by atoms with E-state index in [0.29, 0.717) is 36.0 Å². The van der Waals surface area contributed by atoms with Gasteiger partial charge in [-0.05, 0) is 66.8 Å². The molecule has 1 saturated heterocycles. The minimum Gasteiger partial charge on any atom is -0.454 e. The number of aromatic nitrogens is 4. The van der Waals surface area contributed by atoms with Gasteiger partial charge in [0.05, 0.1) is 0 Å². The van der Waals surface area contributed by atoms with Gasteiger partial charge < -0.3 is 29.8 Å². The van der Waals surface area contributed by atoms with Crippen molar-refractivity contribution < 1.29 is 19.4 Å². The number of hydrogen-bond acceptors (Lipinski definition) is 9. The highest BCUT2D eigenvalue weighted by atomic mass is 127. The molecule has 5 rings (SSSR count). The second-order valence-electron chi connectivity index (χ2n) is 8.45. The van der Waals surface area contributed by atoms with E-state index in [1.807, 2.05) is 12.1 Å². The lowest BCUT2D eigenvalue weighted by Gasteiger charge is -2.32. The fraction of sp³-hybridized carbons (Fsp3) is 0.455. The molecule has 1 aromatic carbocycles. The molecular weight excluding hydrogens is 571 g/mol. The Balaban J connectivity index is 1.36. The van der Waals surface area contributed by atoms with Crippen LogP contribution in [-0.2, 0) is 11.3 Å². The molecule has 0 unspecified atom stereocenters. The molecule has 180 valence electrons. The Kier molecular flexibility index (Phi) is 6.71. The van der Waals surface area contributed by atoms with Crippen molar-refractivity contribution in [3.8, 4) is 11.5 Å². The van der Waals surface area contributed by atoms with Crippen LogP contribution < -0.4 is 15.2 Å². The molecule has 1 atom stereocenters. The highest BCUT2D eigenvalue weighted by Crippen LogP contribution is 2.41. The fourth-order valence-electron chi connectivity index (χ4n) is 4.31. The van der Waals surface area contributed by atoms with Gasteiger partial charge in [0.2, 0.25) is 6.79 Å². The van der Waals surface area contributed by atoms with Gasteiger partial charge in [0.15, 0.2) is 33.6 Å². The first-order valence-corrected chi connectivity index (χ1v) is 13.0. The molecule has 0 spiro atoms. The van der Waals surface area contributed by atoms with Crippen molar-refractivity contribution in [2.24, 2.45) is 5.92 Å². The largest absolute Gasteiger partial charge is 0.454 e. The van der Waals surface area contributed by atoms with E-state index in [1.165, 1.54) is 13.3 Å². The lowest BCUT2D eigenvalue weighted by Crippen LogP contribution is -2.43. The lowest BCUT2D eigenvalue weighted by molar-refractivity contribution is -0.140. The number of amides is 1. The molecular formula is C22H25IN6O4S. The number of nitrogens with zero attached hydrogens (tertiary/aromatic N) is 5. The van der Waals surface area contributed by atoms with Crippen LogP contribution in [0, 0.1) is 9.49 Å². The van der Waals surface area contributed by atoms with Gasteiger partial charge in [-0.1, -0.05) is 11.8 Å². The average Bonchev–Trinajstić information content (AvgIpc) is 3.42. The SMILES string of the molecule is C[C@H](O)C(=O)N1CCC(CCn2c(Sc3cc4c(cc3I)OCO4)nc3c(N)ncnc32)CC1. The molecule has 2 aliphatic rings. The van der Waals surface area contributed by atoms with Crippen LogP contribution in [0.4, 0.5) is 5.82 Å². The number of imidazole rings is 1. The molecule has 1 fully saturated rings. The summed E-state index contributed by atoms with van der Waals surface area (Å²) >= 11 is 3.83. The number of ether oxygens (including phenoxy) is 2. The molecule has 0 radical (unpaired) electrons. The van der Waals surface area contributed by atoms with Crippen LogP contribution in [0.1, 0.15) is 26.2 Å². The highest BCUT2D eigenvalue weighted by molar-refractivity contribution is 14.1. The Morgan fingerprint density at radius 3 is 2.76 bits per heavy atom. The molecule has 0 bridgehead atoms. The number of carbonyl (C=O) groups excluding carboxylic acids is 1. The second kappa shape index (κ2) is 9.74. The summed E-state index contributed by atoms with van der Waals surface area (Å²) in [7, 11) is 0. The predicted octanol–water partition coefficient (Wildman–Crippen LogP) is 2.90. The number of hydrogen-bond donors (Lipinski definition) is 2. The standard InChI is InChI=1S/C22H25IN6O4S/c1-12(30)21(31)28-5-2-13(3-6-28)4-7-29-20-18(19(24)25-10-26-20)27-22(29)34-17-9-16-15(8-14(17)23)32-11-33-16/h8-10,12-13,30H,2-7,11H2,1H3,(H2,24,25,26)/t12-/m0/s1. The fourth-order valence-corrected chi connectivity index (χ4v) is 6.02. The van der Waals surface area contributed by atoms with Gasteiger partial charge in [-0.3, -0.25) is 4.79 Å². The third-order valence-corrected chi connectivity index (χ3v) is 8.51. The summed E-state index contributed by atoms with van der Waals surface area (Å²) < 4.78 is 14.2. The second-order valence-corrected chi connectivity index (χ2v) is 10.6. The zero-order valence-corrected chi connectivity index (χ0v) is 21.6. The molecule has 12 heteroatoms.